The van der Waals surface area contributed by atoms with Gasteiger partial charge in [-0.2, -0.15) is 0 Å². The first-order valence-electron chi connectivity index (χ1n) is 10.4. The Balaban J connectivity index is 1.55. The van der Waals surface area contributed by atoms with Crippen molar-refractivity contribution >= 4 is 80.1 Å². The number of ether oxygens (including phenoxy) is 1. The quantitative estimate of drug-likeness (QED) is 0.201. The van der Waals surface area contributed by atoms with E-state index in [1.165, 1.54) is 16.7 Å². The SMILES string of the molecule is COc1ccccc1N1C(=O)/C(=C/c2cn(Cc3c(Cl)cccc3Cl)c3ccccc23)SC1=S. The first kappa shape index (κ1) is 23.0. The van der Waals surface area contributed by atoms with E-state index < -0.39 is 0 Å². The summed E-state index contributed by atoms with van der Waals surface area (Å²) in [6, 6.07) is 20.9. The third-order valence-corrected chi connectivity index (χ3v) is 7.63. The van der Waals surface area contributed by atoms with Crippen LogP contribution in [-0.4, -0.2) is 21.9 Å². The van der Waals surface area contributed by atoms with E-state index in [0.29, 0.717) is 37.3 Å². The Labute approximate surface area is 216 Å². The summed E-state index contributed by atoms with van der Waals surface area (Å²) in [5.41, 5.74) is 3.41. The number of thioether (sulfide) groups is 1. The lowest BCUT2D eigenvalue weighted by molar-refractivity contribution is -0.113. The van der Waals surface area contributed by atoms with Crippen molar-refractivity contribution in [2.45, 2.75) is 6.54 Å². The zero-order chi connectivity index (χ0) is 23.8. The molecular formula is C26H18Cl2N2O2S2. The minimum absolute atomic E-state index is 0.175. The molecule has 5 rings (SSSR count). The zero-order valence-corrected chi connectivity index (χ0v) is 21.1. The molecule has 1 amide bonds. The molecule has 0 atom stereocenters. The number of para-hydroxylation sites is 3. The second-order valence-corrected chi connectivity index (χ2v) is 10.1. The number of benzene rings is 3. The van der Waals surface area contributed by atoms with Crippen LogP contribution in [-0.2, 0) is 11.3 Å². The summed E-state index contributed by atoms with van der Waals surface area (Å²) >= 11 is 19.7. The molecule has 0 bridgehead atoms. The van der Waals surface area contributed by atoms with Crippen molar-refractivity contribution in [2.24, 2.45) is 0 Å². The molecule has 0 saturated carbocycles. The number of anilines is 1. The Hall–Kier alpha value is -2.77. The third kappa shape index (κ3) is 4.12. The van der Waals surface area contributed by atoms with Gasteiger partial charge in [0.1, 0.15) is 5.75 Å². The van der Waals surface area contributed by atoms with Gasteiger partial charge in [-0.25, -0.2) is 0 Å². The maximum atomic E-state index is 13.4. The summed E-state index contributed by atoms with van der Waals surface area (Å²) in [5, 5.41) is 2.25. The molecule has 0 radical (unpaired) electrons. The molecule has 1 fully saturated rings. The molecule has 2 heterocycles. The predicted octanol–water partition coefficient (Wildman–Crippen LogP) is 7.41. The number of rotatable bonds is 5. The van der Waals surface area contributed by atoms with Crippen molar-refractivity contribution in [3.8, 4) is 5.75 Å². The lowest BCUT2D eigenvalue weighted by atomic mass is 10.1. The molecule has 8 heteroatoms. The van der Waals surface area contributed by atoms with Gasteiger partial charge in [-0.1, -0.05) is 83.6 Å². The largest absolute Gasteiger partial charge is 0.495 e. The molecule has 1 saturated heterocycles. The molecule has 4 aromatic rings. The number of hydrogen-bond donors (Lipinski definition) is 0. The van der Waals surface area contributed by atoms with Crippen LogP contribution in [0.1, 0.15) is 11.1 Å². The first-order chi connectivity index (χ1) is 16.5. The smallest absolute Gasteiger partial charge is 0.270 e. The van der Waals surface area contributed by atoms with Gasteiger partial charge in [0.05, 0.1) is 24.2 Å². The van der Waals surface area contributed by atoms with Gasteiger partial charge in [-0.15, -0.1) is 0 Å². The maximum absolute atomic E-state index is 13.4. The van der Waals surface area contributed by atoms with Gasteiger partial charge in [0, 0.05) is 38.3 Å². The number of methoxy groups -OCH3 is 1. The van der Waals surface area contributed by atoms with Crippen LogP contribution < -0.4 is 9.64 Å². The standard InChI is InChI=1S/C26H18Cl2N2O2S2/c1-32-23-12-5-4-11-22(23)30-25(31)24(34-26(30)33)13-16-14-29(21-10-3-2-7-17(16)21)15-18-19(27)8-6-9-20(18)28/h2-14H,15H2,1H3/b24-13-. The van der Waals surface area contributed by atoms with Gasteiger partial charge < -0.3 is 9.30 Å². The van der Waals surface area contributed by atoms with Crippen LogP contribution in [0.15, 0.2) is 77.8 Å². The summed E-state index contributed by atoms with van der Waals surface area (Å²) in [4.78, 5) is 15.4. The number of nitrogens with zero attached hydrogens (tertiary/aromatic N) is 2. The second-order valence-electron chi connectivity index (χ2n) is 7.62. The monoisotopic (exact) mass is 524 g/mol. The second kappa shape index (κ2) is 9.47. The number of hydrogen-bond acceptors (Lipinski definition) is 4. The summed E-state index contributed by atoms with van der Waals surface area (Å²) < 4.78 is 8.00. The third-order valence-electron chi connectivity index (χ3n) is 5.62. The molecule has 4 nitrogen and oxygen atoms in total. The van der Waals surface area contributed by atoms with Crippen molar-refractivity contribution in [3.05, 3.63) is 99.0 Å². The highest BCUT2D eigenvalue weighted by molar-refractivity contribution is 8.27. The summed E-state index contributed by atoms with van der Waals surface area (Å²) in [7, 11) is 1.58. The van der Waals surface area contributed by atoms with E-state index in [-0.39, 0.29) is 5.91 Å². The molecule has 0 N–H and O–H groups in total. The highest BCUT2D eigenvalue weighted by Gasteiger charge is 2.35. The highest BCUT2D eigenvalue weighted by Crippen LogP contribution is 2.40. The van der Waals surface area contributed by atoms with Crippen LogP contribution in [0.2, 0.25) is 10.0 Å². The Bertz CT molecular complexity index is 1460. The number of thiocarbonyl (C=S) groups is 1. The molecule has 34 heavy (non-hydrogen) atoms. The lowest BCUT2D eigenvalue weighted by Gasteiger charge is -2.17. The molecule has 3 aromatic carbocycles. The van der Waals surface area contributed by atoms with E-state index in [9.17, 15) is 4.79 Å². The molecule has 0 aliphatic carbocycles. The molecular weight excluding hydrogens is 507 g/mol. The van der Waals surface area contributed by atoms with Crippen LogP contribution in [0.3, 0.4) is 0 Å². The number of aromatic nitrogens is 1. The van der Waals surface area contributed by atoms with Crippen molar-refractivity contribution in [1.82, 2.24) is 4.57 Å². The molecule has 170 valence electrons. The molecule has 1 aliphatic heterocycles. The van der Waals surface area contributed by atoms with E-state index in [4.69, 9.17) is 40.2 Å². The van der Waals surface area contributed by atoms with Gasteiger partial charge >= 0.3 is 0 Å². The van der Waals surface area contributed by atoms with E-state index in [1.807, 2.05) is 79.0 Å². The fraction of sp³-hybridized carbons (Fsp3) is 0.0769. The normalized spacial score (nSPS) is 15.0. The van der Waals surface area contributed by atoms with Gasteiger partial charge in [0.2, 0.25) is 0 Å². The minimum Gasteiger partial charge on any atom is -0.495 e. The van der Waals surface area contributed by atoms with Gasteiger partial charge in [0.25, 0.3) is 5.91 Å². The Kier molecular flexibility index (Phi) is 6.40. The van der Waals surface area contributed by atoms with Crippen molar-refractivity contribution < 1.29 is 9.53 Å². The average molecular weight is 525 g/mol. The minimum atomic E-state index is -0.175. The highest BCUT2D eigenvalue weighted by atomic mass is 35.5. The molecule has 1 aromatic heterocycles. The number of halogens is 2. The topological polar surface area (TPSA) is 34.5 Å². The van der Waals surface area contributed by atoms with E-state index >= 15 is 0 Å². The molecule has 0 unspecified atom stereocenters. The Morgan fingerprint density at radius 3 is 2.47 bits per heavy atom. The summed E-state index contributed by atoms with van der Waals surface area (Å²) in [6.45, 7) is 0.509. The number of fused-ring (bicyclic) bond motifs is 1. The maximum Gasteiger partial charge on any atom is 0.270 e. The zero-order valence-electron chi connectivity index (χ0n) is 18.0. The van der Waals surface area contributed by atoms with Crippen molar-refractivity contribution in [2.75, 3.05) is 12.0 Å². The number of carbonyl (C=O) groups excluding carboxylic acids is 1. The van der Waals surface area contributed by atoms with E-state index in [0.717, 1.165) is 22.0 Å². The van der Waals surface area contributed by atoms with Crippen LogP contribution in [0.4, 0.5) is 5.69 Å². The number of carbonyl (C=O) groups is 1. The summed E-state index contributed by atoms with van der Waals surface area (Å²) in [5.74, 6) is 0.416. The van der Waals surface area contributed by atoms with Gasteiger partial charge in [-0.3, -0.25) is 9.69 Å². The van der Waals surface area contributed by atoms with Crippen LogP contribution >= 0.6 is 47.2 Å². The average Bonchev–Trinajstić information content (AvgIpc) is 3.32. The number of amides is 1. The fourth-order valence-electron chi connectivity index (χ4n) is 4.01. The van der Waals surface area contributed by atoms with Crippen LogP contribution in [0.5, 0.6) is 5.75 Å². The molecule has 0 spiro atoms. The predicted molar refractivity (Wildman–Crippen MR) is 146 cm³/mol. The van der Waals surface area contributed by atoms with Gasteiger partial charge in [-0.05, 0) is 36.4 Å². The first-order valence-corrected chi connectivity index (χ1v) is 12.4. The Morgan fingerprint density at radius 2 is 1.71 bits per heavy atom. The van der Waals surface area contributed by atoms with E-state index in [2.05, 4.69) is 4.57 Å². The van der Waals surface area contributed by atoms with Crippen molar-refractivity contribution in [3.63, 3.8) is 0 Å². The van der Waals surface area contributed by atoms with Crippen LogP contribution in [0.25, 0.3) is 17.0 Å². The van der Waals surface area contributed by atoms with Crippen LogP contribution in [0, 0.1) is 0 Å². The van der Waals surface area contributed by atoms with Gasteiger partial charge in [0.15, 0.2) is 4.32 Å². The lowest BCUT2D eigenvalue weighted by Crippen LogP contribution is -2.27. The summed E-state index contributed by atoms with van der Waals surface area (Å²) in [6.07, 6.45) is 3.90. The fourth-order valence-corrected chi connectivity index (χ4v) is 5.80. The molecule has 1 aliphatic rings. The van der Waals surface area contributed by atoms with E-state index in [1.54, 1.807) is 7.11 Å². The Morgan fingerprint density at radius 1 is 1.00 bits per heavy atom. The van der Waals surface area contributed by atoms with Crippen molar-refractivity contribution in [1.29, 1.82) is 0 Å².